The van der Waals surface area contributed by atoms with Gasteiger partial charge in [-0.3, -0.25) is 0 Å². The molecule has 80 valence electrons. The topological polar surface area (TPSA) is 58.4 Å². The van der Waals surface area contributed by atoms with Gasteiger partial charge >= 0.3 is 12.1 Å². The van der Waals surface area contributed by atoms with Gasteiger partial charge in [0.2, 0.25) is 0 Å². The average molecular weight is 200 g/mol. The van der Waals surface area contributed by atoms with Crippen LogP contribution in [0.5, 0.6) is 0 Å². The highest BCUT2D eigenvalue weighted by atomic mass is 16.6. The molecule has 5 nitrogen and oxygen atoms in total. The highest BCUT2D eigenvalue weighted by molar-refractivity contribution is 5.92. The highest BCUT2D eigenvalue weighted by Gasteiger charge is 2.35. The molecule has 0 spiro atoms. The summed E-state index contributed by atoms with van der Waals surface area (Å²) in [6.07, 6.45) is -0.693. The summed E-state index contributed by atoms with van der Waals surface area (Å²) in [6, 6.07) is -0.149. The van der Waals surface area contributed by atoms with Crippen LogP contribution in [0, 0.1) is 0 Å². The van der Waals surface area contributed by atoms with Gasteiger partial charge < -0.3 is 9.64 Å². The number of hydrogen-bond acceptors (Lipinski definition) is 3. The number of nitrogens with zero attached hydrogens (tertiary/aromatic N) is 1. The number of amides is 3. The van der Waals surface area contributed by atoms with Crippen LogP contribution in [-0.2, 0) is 4.74 Å². The van der Waals surface area contributed by atoms with Gasteiger partial charge in [-0.25, -0.2) is 14.9 Å². The highest BCUT2D eigenvalue weighted by Crippen LogP contribution is 2.15. The first-order chi connectivity index (χ1) is 6.29. The van der Waals surface area contributed by atoms with Crippen molar-refractivity contribution in [2.75, 3.05) is 6.54 Å². The first-order valence-corrected chi connectivity index (χ1v) is 4.60. The van der Waals surface area contributed by atoms with Gasteiger partial charge in [0, 0.05) is 12.6 Å². The Kier molecular flexibility index (Phi) is 2.69. The molecule has 1 fully saturated rings. The van der Waals surface area contributed by atoms with Crippen molar-refractivity contribution in [3.63, 3.8) is 0 Å². The number of imide groups is 1. The summed E-state index contributed by atoms with van der Waals surface area (Å²) in [7, 11) is 0. The van der Waals surface area contributed by atoms with E-state index in [-0.39, 0.29) is 12.1 Å². The van der Waals surface area contributed by atoms with Crippen molar-refractivity contribution in [2.24, 2.45) is 0 Å². The Hall–Kier alpha value is -1.26. The van der Waals surface area contributed by atoms with Crippen molar-refractivity contribution >= 4 is 12.1 Å². The van der Waals surface area contributed by atoms with Gasteiger partial charge in [0.1, 0.15) is 5.60 Å². The fourth-order valence-electron chi connectivity index (χ4n) is 0.983. The molecule has 14 heavy (non-hydrogen) atoms. The Balaban J connectivity index is 2.31. The maximum Gasteiger partial charge on any atom is 0.415 e. The second-order valence-corrected chi connectivity index (χ2v) is 4.43. The third kappa shape index (κ3) is 3.24. The molecule has 0 aromatic rings. The molecule has 1 rings (SSSR count). The molecule has 5 heteroatoms. The van der Waals surface area contributed by atoms with Crippen LogP contribution in [0.4, 0.5) is 9.59 Å². The molecule has 1 saturated heterocycles. The third-order valence-corrected chi connectivity index (χ3v) is 1.73. The van der Waals surface area contributed by atoms with E-state index in [2.05, 4.69) is 5.32 Å². The Morgan fingerprint density at radius 2 is 1.93 bits per heavy atom. The second kappa shape index (κ2) is 3.48. The lowest BCUT2D eigenvalue weighted by molar-refractivity contribution is 0.0543. The fraction of sp³-hybridized carbons (Fsp3) is 0.778. The van der Waals surface area contributed by atoms with Gasteiger partial charge in [0.05, 0.1) is 0 Å². The predicted octanol–water partition coefficient (Wildman–Crippen LogP) is 1.34. The molecule has 1 N–H and O–H groups in total. The molecule has 0 aromatic heterocycles. The van der Waals surface area contributed by atoms with Gasteiger partial charge in [0.25, 0.3) is 0 Å². The molecule has 1 aliphatic rings. The van der Waals surface area contributed by atoms with E-state index in [1.165, 1.54) is 0 Å². The van der Waals surface area contributed by atoms with Gasteiger partial charge in [-0.1, -0.05) is 0 Å². The molecular formula is C9H16N2O3. The van der Waals surface area contributed by atoms with Crippen molar-refractivity contribution in [3.8, 4) is 0 Å². The smallest absolute Gasteiger partial charge is 0.415 e. The van der Waals surface area contributed by atoms with Crippen molar-refractivity contribution in [1.82, 2.24) is 10.2 Å². The third-order valence-electron chi connectivity index (χ3n) is 1.73. The fourth-order valence-corrected chi connectivity index (χ4v) is 0.983. The van der Waals surface area contributed by atoms with Gasteiger partial charge in [-0.2, -0.15) is 0 Å². The Bertz CT molecular complexity index is 257. The molecule has 0 saturated carbocycles. The standard InChI is InChI=1S/C9H16N2O3/c1-6-5-11(6)7(12)10-8(13)14-9(2,3)4/h6H,5H2,1-4H3,(H,10,12,13). The summed E-state index contributed by atoms with van der Waals surface area (Å²) in [6.45, 7) is 7.86. The van der Waals surface area contributed by atoms with Gasteiger partial charge in [0.15, 0.2) is 0 Å². The number of hydrogen-bond donors (Lipinski definition) is 1. The number of urea groups is 1. The van der Waals surface area contributed by atoms with Crippen LogP contribution in [0.15, 0.2) is 0 Å². The van der Waals surface area contributed by atoms with E-state index in [4.69, 9.17) is 4.74 Å². The van der Waals surface area contributed by atoms with Crippen LogP contribution < -0.4 is 5.32 Å². The van der Waals surface area contributed by atoms with Crippen LogP contribution >= 0.6 is 0 Å². The molecule has 1 heterocycles. The van der Waals surface area contributed by atoms with E-state index in [0.717, 1.165) is 0 Å². The lowest BCUT2D eigenvalue weighted by Crippen LogP contribution is -2.39. The van der Waals surface area contributed by atoms with Crippen LogP contribution in [-0.4, -0.2) is 35.2 Å². The maximum atomic E-state index is 11.2. The van der Waals surface area contributed by atoms with E-state index in [9.17, 15) is 9.59 Å². The van der Waals surface area contributed by atoms with Crippen LogP contribution in [0.3, 0.4) is 0 Å². The number of nitrogens with one attached hydrogen (secondary N) is 1. The van der Waals surface area contributed by atoms with E-state index < -0.39 is 11.7 Å². The molecule has 0 radical (unpaired) electrons. The van der Waals surface area contributed by atoms with E-state index in [1.54, 1.807) is 25.7 Å². The lowest BCUT2D eigenvalue weighted by Gasteiger charge is -2.19. The minimum atomic E-state index is -0.693. The van der Waals surface area contributed by atoms with Crippen molar-refractivity contribution in [3.05, 3.63) is 0 Å². The lowest BCUT2D eigenvalue weighted by atomic mass is 10.2. The molecule has 1 unspecified atom stereocenters. The zero-order valence-corrected chi connectivity index (χ0v) is 8.96. The molecule has 1 aliphatic heterocycles. The first-order valence-electron chi connectivity index (χ1n) is 4.60. The first kappa shape index (κ1) is 10.8. The number of ether oxygens (including phenoxy) is 1. The maximum absolute atomic E-state index is 11.2. The normalized spacial score (nSPS) is 20.3. The molecule has 0 bridgehead atoms. The number of carbonyl (C=O) groups is 2. The van der Waals surface area contributed by atoms with E-state index in [0.29, 0.717) is 6.54 Å². The minimum Gasteiger partial charge on any atom is -0.443 e. The SMILES string of the molecule is CC1CN1C(=O)NC(=O)OC(C)(C)C. The van der Waals surface area contributed by atoms with Crippen molar-refractivity contribution < 1.29 is 14.3 Å². The second-order valence-electron chi connectivity index (χ2n) is 4.43. The summed E-state index contributed by atoms with van der Waals surface area (Å²) in [5.74, 6) is 0. The van der Waals surface area contributed by atoms with Crippen LogP contribution in [0.1, 0.15) is 27.7 Å². The molecule has 0 aromatic carbocycles. The Morgan fingerprint density at radius 1 is 1.43 bits per heavy atom. The number of alkyl carbamates (subject to hydrolysis) is 1. The zero-order valence-electron chi connectivity index (χ0n) is 8.96. The summed E-state index contributed by atoms with van der Waals surface area (Å²) in [5, 5.41) is 2.15. The summed E-state index contributed by atoms with van der Waals surface area (Å²) < 4.78 is 4.92. The quantitative estimate of drug-likeness (QED) is 0.600. The largest absolute Gasteiger partial charge is 0.443 e. The van der Waals surface area contributed by atoms with Crippen LogP contribution in [0.25, 0.3) is 0 Å². The van der Waals surface area contributed by atoms with Crippen molar-refractivity contribution in [1.29, 1.82) is 0 Å². The summed E-state index contributed by atoms with van der Waals surface area (Å²) >= 11 is 0. The van der Waals surface area contributed by atoms with Gasteiger partial charge in [-0.05, 0) is 27.7 Å². The number of rotatable bonds is 0. The molecule has 0 aliphatic carbocycles. The predicted molar refractivity (Wildman–Crippen MR) is 50.9 cm³/mol. The van der Waals surface area contributed by atoms with E-state index in [1.807, 2.05) is 6.92 Å². The van der Waals surface area contributed by atoms with E-state index >= 15 is 0 Å². The van der Waals surface area contributed by atoms with Gasteiger partial charge in [-0.15, -0.1) is 0 Å². The summed E-state index contributed by atoms with van der Waals surface area (Å²) in [5.41, 5.74) is -0.575. The molecular weight excluding hydrogens is 184 g/mol. The summed E-state index contributed by atoms with van der Waals surface area (Å²) in [4.78, 5) is 23.9. The van der Waals surface area contributed by atoms with Crippen LogP contribution in [0.2, 0.25) is 0 Å². The minimum absolute atomic E-state index is 0.234. The molecule has 3 amide bonds. The Labute approximate surface area is 83.4 Å². The monoisotopic (exact) mass is 200 g/mol. The van der Waals surface area contributed by atoms with Crippen molar-refractivity contribution in [2.45, 2.75) is 39.3 Å². The average Bonchev–Trinajstić information content (AvgIpc) is 2.61. The number of carbonyl (C=O) groups excluding carboxylic acids is 2. The zero-order chi connectivity index (χ0) is 10.9. The Morgan fingerprint density at radius 3 is 2.29 bits per heavy atom. The molecule has 1 atom stereocenters.